The summed E-state index contributed by atoms with van der Waals surface area (Å²) in [5.41, 5.74) is 5.27. The molecule has 0 saturated heterocycles. The summed E-state index contributed by atoms with van der Waals surface area (Å²) < 4.78 is 0. The van der Waals surface area contributed by atoms with Gasteiger partial charge in [-0.3, -0.25) is 9.78 Å². The highest BCUT2D eigenvalue weighted by atomic mass is 35.5. The third-order valence-electron chi connectivity index (χ3n) is 4.08. The number of aryl methyl sites for hydroxylation is 2. The fraction of sp³-hybridized carbons (Fsp3) is 0.294. The average molecular weight is 320 g/mol. The van der Waals surface area contributed by atoms with Gasteiger partial charge in [0.25, 0.3) is 0 Å². The van der Waals surface area contributed by atoms with Gasteiger partial charge >= 0.3 is 0 Å². The van der Waals surface area contributed by atoms with Gasteiger partial charge in [0.15, 0.2) is 5.78 Å². The van der Waals surface area contributed by atoms with Crippen LogP contribution in [0.2, 0.25) is 10.0 Å². The molecule has 0 saturated carbocycles. The topological polar surface area (TPSA) is 30.0 Å². The van der Waals surface area contributed by atoms with Gasteiger partial charge in [0.1, 0.15) is 0 Å². The van der Waals surface area contributed by atoms with E-state index in [2.05, 4.69) is 4.98 Å². The lowest BCUT2D eigenvalue weighted by atomic mass is 9.85. The number of carbonyl (C=O) groups is 1. The van der Waals surface area contributed by atoms with Crippen molar-refractivity contribution >= 4 is 29.0 Å². The van der Waals surface area contributed by atoms with Crippen molar-refractivity contribution in [3.8, 4) is 11.1 Å². The van der Waals surface area contributed by atoms with Gasteiger partial charge < -0.3 is 0 Å². The highest BCUT2D eigenvalue weighted by molar-refractivity contribution is 6.43. The Morgan fingerprint density at radius 1 is 1.10 bits per heavy atom. The van der Waals surface area contributed by atoms with Crippen LogP contribution in [0.3, 0.4) is 0 Å². The van der Waals surface area contributed by atoms with Crippen LogP contribution in [0.25, 0.3) is 11.1 Å². The number of ketones is 1. The molecule has 0 radical (unpaired) electrons. The molecule has 108 valence electrons. The van der Waals surface area contributed by atoms with E-state index in [-0.39, 0.29) is 5.78 Å². The van der Waals surface area contributed by atoms with E-state index in [1.165, 1.54) is 0 Å². The van der Waals surface area contributed by atoms with Crippen molar-refractivity contribution in [1.82, 2.24) is 4.98 Å². The van der Waals surface area contributed by atoms with E-state index >= 15 is 0 Å². The van der Waals surface area contributed by atoms with E-state index in [0.717, 1.165) is 46.5 Å². The maximum Gasteiger partial charge on any atom is 0.165 e. The number of aromatic nitrogens is 1. The lowest BCUT2D eigenvalue weighted by molar-refractivity contribution is 0.0972. The average Bonchev–Trinajstić information content (AvgIpc) is 2.45. The second kappa shape index (κ2) is 5.43. The Bertz CT molecular complexity index is 753. The Kier molecular flexibility index (Phi) is 3.76. The van der Waals surface area contributed by atoms with E-state index in [1.807, 2.05) is 26.0 Å². The quantitative estimate of drug-likeness (QED) is 0.723. The second-order valence-electron chi connectivity index (χ2n) is 5.40. The molecule has 0 amide bonds. The molecule has 0 spiro atoms. The summed E-state index contributed by atoms with van der Waals surface area (Å²) in [5.74, 6) is 0.151. The molecule has 1 heterocycles. The smallest absolute Gasteiger partial charge is 0.165 e. The Morgan fingerprint density at radius 3 is 2.62 bits per heavy atom. The fourth-order valence-electron chi connectivity index (χ4n) is 2.91. The largest absolute Gasteiger partial charge is 0.294 e. The van der Waals surface area contributed by atoms with Crippen LogP contribution in [0, 0.1) is 13.8 Å². The Morgan fingerprint density at radius 2 is 1.86 bits per heavy atom. The first-order valence-electron chi connectivity index (χ1n) is 6.98. The lowest BCUT2D eigenvalue weighted by Crippen LogP contribution is -2.16. The number of hydrogen-bond donors (Lipinski definition) is 0. The number of pyridine rings is 1. The van der Waals surface area contributed by atoms with Crippen molar-refractivity contribution in [2.75, 3.05) is 0 Å². The molecule has 1 aromatic carbocycles. The van der Waals surface area contributed by atoms with E-state index in [1.54, 1.807) is 6.07 Å². The van der Waals surface area contributed by atoms with Crippen LogP contribution in [0.1, 0.15) is 40.2 Å². The van der Waals surface area contributed by atoms with Crippen molar-refractivity contribution in [2.24, 2.45) is 0 Å². The van der Waals surface area contributed by atoms with Crippen LogP contribution in [0.15, 0.2) is 18.2 Å². The number of benzene rings is 1. The van der Waals surface area contributed by atoms with Gasteiger partial charge in [0.2, 0.25) is 0 Å². The number of nitrogens with zero attached hydrogens (tertiary/aromatic N) is 1. The first kappa shape index (κ1) is 14.6. The predicted molar refractivity (Wildman–Crippen MR) is 86.4 cm³/mol. The molecule has 3 rings (SSSR count). The normalized spacial score (nSPS) is 14.2. The van der Waals surface area contributed by atoms with Gasteiger partial charge in [-0.05, 0) is 38.3 Å². The van der Waals surface area contributed by atoms with Crippen LogP contribution in [0.5, 0.6) is 0 Å². The van der Waals surface area contributed by atoms with E-state index in [0.29, 0.717) is 16.5 Å². The van der Waals surface area contributed by atoms with E-state index < -0.39 is 0 Å². The van der Waals surface area contributed by atoms with Crippen molar-refractivity contribution in [1.29, 1.82) is 0 Å². The number of fused-ring (bicyclic) bond motifs is 1. The van der Waals surface area contributed by atoms with Gasteiger partial charge in [-0.15, -0.1) is 0 Å². The molecule has 0 fully saturated rings. The van der Waals surface area contributed by atoms with Gasteiger partial charge in [0, 0.05) is 28.8 Å². The second-order valence-corrected chi connectivity index (χ2v) is 6.18. The molecule has 1 aromatic heterocycles. The first-order valence-corrected chi connectivity index (χ1v) is 7.74. The summed E-state index contributed by atoms with van der Waals surface area (Å²) in [6, 6.07) is 5.53. The summed E-state index contributed by atoms with van der Waals surface area (Å²) in [4.78, 5) is 17.0. The van der Waals surface area contributed by atoms with Crippen LogP contribution < -0.4 is 0 Å². The SMILES string of the molecule is Cc1nc2c(c(-c3cccc(Cl)c3Cl)c1C)C(=O)CCC2. The minimum atomic E-state index is 0.151. The molecule has 0 aliphatic heterocycles. The summed E-state index contributed by atoms with van der Waals surface area (Å²) >= 11 is 12.5. The zero-order valence-corrected chi connectivity index (χ0v) is 13.5. The number of rotatable bonds is 1. The number of Topliss-reactive ketones (excluding diaryl/α,β-unsaturated/α-hetero) is 1. The lowest BCUT2D eigenvalue weighted by Gasteiger charge is -2.22. The minimum absolute atomic E-state index is 0.151. The summed E-state index contributed by atoms with van der Waals surface area (Å²) in [6.07, 6.45) is 2.28. The predicted octanol–water partition coefficient (Wildman–Crippen LogP) is 5.19. The Balaban J connectivity index is 2.39. The summed E-state index contributed by atoms with van der Waals surface area (Å²) in [5, 5.41) is 0.994. The van der Waals surface area contributed by atoms with Gasteiger partial charge in [-0.25, -0.2) is 0 Å². The maximum atomic E-state index is 12.4. The highest BCUT2D eigenvalue weighted by Crippen LogP contribution is 2.40. The number of halogens is 2. The van der Waals surface area contributed by atoms with Gasteiger partial charge in [-0.1, -0.05) is 35.3 Å². The van der Waals surface area contributed by atoms with Crippen LogP contribution >= 0.6 is 23.2 Å². The van der Waals surface area contributed by atoms with Crippen LogP contribution in [-0.4, -0.2) is 10.8 Å². The highest BCUT2D eigenvalue weighted by Gasteiger charge is 2.26. The molecule has 1 aliphatic carbocycles. The molecule has 1 aliphatic rings. The molecule has 0 atom stereocenters. The minimum Gasteiger partial charge on any atom is -0.294 e. The van der Waals surface area contributed by atoms with Crippen LogP contribution in [0.4, 0.5) is 0 Å². The van der Waals surface area contributed by atoms with Gasteiger partial charge in [0.05, 0.1) is 15.7 Å². The fourth-order valence-corrected chi connectivity index (χ4v) is 3.31. The Labute approximate surface area is 134 Å². The Hall–Kier alpha value is -1.38. The zero-order valence-electron chi connectivity index (χ0n) is 12.0. The third kappa shape index (κ3) is 2.37. The first-order chi connectivity index (χ1) is 10.0. The third-order valence-corrected chi connectivity index (χ3v) is 4.90. The van der Waals surface area contributed by atoms with Gasteiger partial charge in [-0.2, -0.15) is 0 Å². The number of hydrogen-bond acceptors (Lipinski definition) is 2. The molecular weight excluding hydrogens is 305 g/mol. The van der Waals surface area contributed by atoms with Crippen molar-refractivity contribution in [2.45, 2.75) is 33.1 Å². The summed E-state index contributed by atoms with van der Waals surface area (Å²) in [7, 11) is 0. The molecular formula is C17H15Cl2NO. The molecule has 4 heteroatoms. The van der Waals surface area contributed by atoms with Crippen molar-refractivity contribution in [3.05, 3.63) is 50.8 Å². The molecule has 0 unspecified atom stereocenters. The standard InChI is InChI=1S/C17H15Cl2NO/c1-9-10(2)20-13-7-4-8-14(21)16(13)15(9)11-5-3-6-12(18)17(11)19/h3,5-6H,4,7-8H2,1-2H3. The molecule has 0 bridgehead atoms. The molecule has 0 N–H and O–H groups in total. The van der Waals surface area contributed by atoms with E-state index in [9.17, 15) is 4.79 Å². The van der Waals surface area contributed by atoms with Crippen molar-refractivity contribution in [3.63, 3.8) is 0 Å². The number of carbonyl (C=O) groups excluding carboxylic acids is 1. The monoisotopic (exact) mass is 319 g/mol. The van der Waals surface area contributed by atoms with Crippen molar-refractivity contribution < 1.29 is 4.79 Å². The molecule has 2 nitrogen and oxygen atoms in total. The summed E-state index contributed by atoms with van der Waals surface area (Å²) in [6.45, 7) is 3.95. The molecule has 21 heavy (non-hydrogen) atoms. The van der Waals surface area contributed by atoms with E-state index in [4.69, 9.17) is 23.2 Å². The zero-order chi connectivity index (χ0) is 15.1. The molecule has 2 aromatic rings. The van der Waals surface area contributed by atoms with Crippen LogP contribution in [-0.2, 0) is 6.42 Å². The maximum absolute atomic E-state index is 12.4.